The average molecular weight is 218 g/mol. The quantitative estimate of drug-likeness (QED) is 0.442. The zero-order chi connectivity index (χ0) is 11.5. The van der Waals surface area contributed by atoms with Crippen LogP contribution in [0.2, 0.25) is 0 Å². The first-order valence-corrected chi connectivity index (χ1v) is 4.54. The predicted octanol–water partition coefficient (Wildman–Crippen LogP) is 2.80. The highest BCUT2D eigenvalue weighted by Crippen LogP contribution is 2.24. The zero-order valence-electron chi connectivity index (χ0n) is 8.13. The van der Waals surface area contributed by atoms with Crippen molar-refractivity contribution in [1.82, 2.24) is 4.98 Å². The summed E-state index contributed by atoms with van der Waals surface area (Å²) in [4.78, 5) is 13.1. The molecule has 0 N–H and O–H groups in total. The monoisotopic (exact) mass is 218 g/mol. The summed E-state index contributed by atoms with van der Waals surface area (Å²) in [5.41, 5.74) is 0.674. The summed E-state index contributed by atoms with van der Waals surface area (Å²) in [7, 11) is 0. The number of benzene rings is 1. The van der Waals surface area contributed by atoms with E-state index in [4.69, 9.17) is 0 Å². The van der Waals surface area contributed by atoms with Crippen molar-refractivity contribution in [2.75, 3.05) is 0 Å². The van der Waals surface area contributed by atoms with Crippen molar-refractivity contribution in [3.05, 3.63) is 58.7 Å². The fraction of sp³-hybridized carbons (Fsp3) is 0. The molecule has 2 rings (SSSR count). The van der Waals surface area contributed by atoms with E-state index in [0.717, 1.165) is 5.56 Å². The first kappa shape index (κ1) is 10.2. The van der Waals surface area contributed by atoms with Crippen molar-refractivity contribution in [1.29, 1.82) is 0 Å². The summed E-state index contributed by atoms with van der Waals surface area (Å²) in [6.45, 7) is 0. The van der Waals surface area contributed by atoms with Gasteiger partial charge in [-0.25, -0.2) is 4.98 Å². The number of hydrogen-bond acceptors (Lipinski definition) is 3. The maximum atomic E-state index is 13.0. The van der Waals surface area contributed by atoms with Crippen LogP contribution in [0.5, 0.6) is 0 Å². The summed E-state index contributed by atoms with van der Waals surface area (Å²) >= 11 is 0. The Bertz CT molecular complexity index is 529. The van der Waals surface area contributed by atoms with Crippen LogP contribution in [-0.2, 0) is 0 Å². The molecular weight excluding hydrogens is 211 g/mol. The Balaban J connectivity index is 2.52. The van der Waals surface area contributed by atoms with Crippen LogP contribution in [0.4, 0.5) is 10.1 Å². The number of nitro groups is 1. The zero-order valence-corrected chi connectivity index (χ0v) is 8.13. The van der Waals surface area contributed by atoms with Gasteiger partial charge >= 0.3 is 5.69 Å². The molecule has 5 heteroatoms. The van der Waals surface area contributed by atoms with E-state index in [1.807, 2.05) is 6.07 Å². The Morgan fingerprint density at radius 2 is 1.88 bits per heavy atom. The van der Waals surface area contributed by atoms with Crippen LogP contribution in [0.3, 0.4) is 0 Å². The van der Waals surface area contributed by atoms with Crippen molar-refractivity contribution >= 4 is 5.69 Å². The maximum absolute atomic E-state index is 13.0. The minimum atomic E-state index is -1.07. The normalized spacial score (nSPS) is 10.1. The van der Waals surface area contributed by atoms with Crippen LogP contribution in [0.25, 0.3) is 11.1 Å². The highest BCUT2D eigenvalue weighted by atomic mass is 19.1. The molecule has 0 aliphatic carbocycles. The van der Waals surface area contributed by atoms with E-state index in [1.54, 1.807) is 24.3 Å². The largest absolute Gasteiger partial charge is 0.324 e. The van der Waals surface area contributed by atoms with Gasteiger partial charge < -0.3 is 0 Å². The Labute approximate surface area is 90.5 Å². The summed E-state index contributed by atoms with van der Waals surface area (Å²) in [6.07, 6.45) is 1.28. The van der Waals surface area contributed by atoms with E-state index >= 15 is 0 Å². The second-order valence-electron chi connectivity index (χ2n) is 3.16. The van der Waals surface area contributed by atoms with E-state index in [9.17, 15) is 14.5 Å². The van der Waals surface area contributed by atoms with Crippen molar-refractivity contribution in [2.24, 2.45) is 0 Å². The molecule has 0 spiro atoms. The Hall–Kier alpha value is -2.30. The molecule has 0 saturated heterocycles. The van der Waals surface area contributed by atoms with Gasteiger partial charge in [0.15, 0.2) is 0 Å². The number of hydrogen-bond donors (Lipinski definition) is 0. The summed E-state index contributed by atoms with van der Waals surface area (Å²) in [5.74, 6) is -1.07. The third-order valence-corrected chi connectivity index (χ3v) is 2.12. The number of pyridine rings is 1. The van der Waals surface area contributed by atoms with E-state index in [1.165, 1.54) is 12.3 Å². The predicted molar refractivity (Wildman–Crippen MR) is 56.3 cm³/mol. The molecule has 4 nitrogen and oxygen atoms in total. The van der Waals surface area contributed by atoms with Crippen molar-refractivity contribution in [3.8, 4) is 11.1 Å². The minimum Gasteiger partial charge on any atom is -0.258 e. The van der Waals surface area contributed by atoms with Crippen LogP contribution in [0.1, 0.15) is 0 Å². The molecule has 0 atom stereocenters. The molecule has 0 unspecified atom stereocenters. The topological polar surface area (TPSA) is 56.0 Å². The first-order valence-electron chi connectivity index (χ1n) is 4.54. The number of nitrogens with zero attached hydrogens (tertiary/aromatic N) is 2. The molecule has 1 heterocycles. The molecule has 16 heavy (non-hydrogen) atoms. The molecule has 0 fully saturated rings. The molecule has 2 aromatic rings. The molecule has 80 valence electrons. The van der Waals surface area contributed by atoms with Crippen molar-refractivity contribution in [3.63, 3.8) is 0 Å². The highest BCUT2D eigenvalue weighted by Gasteiger charge is 2.16. The Kier molecular flexibility index (Phi) is 2.59. The van der Waals surface area contributed by atoms with Gasteiger partial charge in [0.05, 0.1) is 4.92 Å². The van der Waals surface area contributed by atoms with Crippen molar-refractivity contribution in [2.45, 2.75) is 0 Å². The smallest absolute Gasteiger partial charge is 0.258 e. The van der Waals surface area contributed by atoms with Gasteiger partial charge in [-0.15, -0.1) is 0 Å². The molecule has 0 aliphatic rings. The molecular formula is C11H7FN2O2. The van der Waals surface area contributed by atoms with Crippen LogP contribution < -0.4 is 0 Å². The third kappa shape index (κ3) is 1.88. The van der Waals surface area contributed by atoms with Gasteiger partial charge in [0.1, 0.15) is 0 Å². The van der Waals surface area contributed by atoms with Crippen LogP contribution in [0.15, 0.2) is 42.6 Å². The second kappa shape index (κ2) is 4.06. The minimum absolute atomic E-state index is 0.522. The van der Waals surface area contributed by atoms with Gasteiger partial charge in [-0.3, -0.25) is 10.1 Å². The molecule has 0 radical (unpaired) electrons. The lowest BCUT2D eigenvalue weighted by molar-refractivity contribution is -0.388. The van der Waals surface area contributed by atoms with E-state index in [0.29, 0.717) is 5.56 Å². The lowest BCUT2D eigenvalue weighted by Gasteiger charge is -2.00. The van der Waals surface area contributed by atoms with E-state index in [2.05, 4.69) is 4.98 Å². The molecule has 0 amide bonds. The number of rotatable bonds is 2. The third-order valence-electron chi connectivity index (χ3n) is 2.12. The van der Waals surface area contributed by atoms with E-state index < -0.39 is 16.6 Å². The van der Waals surface area contributed by atoms with Crippen LogP contribution in [-0.4, -0.2) is 9.91 Å². The molecule has 0 aliphatic heterocycles. The molecule has 1 aromatic carbocycles. The lowest BCUT2D eigenvalue weighted by Crippen LogP contribution is -1.95. The molecule has 0 bridgehead atoms. The highest BCUT2D eigenvalue weighted by molar-refractivity contribution is 5.64. The first-order chi connectivity index (χ1) is 7.68. The van der Waals surface area contributed by atoms with Gasteiger partial charge in [0, 0.05) is 17.8 Å². The Morgan fingerprint density at radius 3 is 2.50 bits per heavy atom. The number of halogens is 1. The number of aromatic nitrogens is 1. The summed E-state index contributed by atoms with van der Waals surface area (Å²) in [6, 6.07) is 10.2. The fourth-order valence-electron chi connectivity index (χ4n) is 1.35. The van der Waals surface area contributed by atoms with Gasteiger partial charge in [-0.2, -0.15) is 4.39 Å². The van der Waals surface area contributed by atoms with Crippen LogP contribution >= 0.6 is 0 Å². The Morgan fingerprint density at radius 1 is 1.19 bits per heavy atom. The fourth-order valence-corrected chi connectivity index (χ4v) is 1.35. The molecule has 0 saturated carbocycles. The van der Waals surface area contributed by atoms with Crippen molar-refractivity contribution < 1.29 is 9.31 Å². The van der Waals surface area contributed by atoms with E-state index in [-0.39, 0.29) is 0 Å². The SMILES string of the molecule is O=[N+]([O-])c1cc(-c2ccccc2)cnc1F. The van der Waals surface area contributed by atoms with Crippen LogP contribution in [0, 0.1) is 16.1 Å². The van der Waals surface area contributed by atoms with Gasteiger partial charge in [0.2, 0.25) is 0 Å². The molecule has 1 aromatic heterocycles. The summed E-state index contributed by atoms with van der Waals surface area (Å²) < 4.78 is 13.0. The summed E-state index contributed by atoms with van der Waals surface area (Å²) in [5, 5.41) is 10.5. The average Bonchev–Trinajstić information content (AvgIpc) is 2.30. The van der Waals surface area contributed by atoms with Gasteiger partial charge in [0.25, 0.3) is 5.95 Å². The standard InChI is InChI=1S/C11H7FN2O2/c12-11-10(14(15)16)6-9(7-13-11)8-4-2-1-3-5-8/h1-7H. The second-order valence-corrected chi connectivity index (χ2v) is 3.16. The van der Waals surface area contributed by atoms with Gasteiger partial charge in [-0.05, 0) is 5.56 Å². The van der Waals surface area contributed by atoms with Gasteiger partial charge in [-0.1, -0.05) is 30.3 Å². The maximum Gasteiger partial charge on any atom is 0.324 e. The lowest BCUT2D eigenvalue weighted by atomic mass is 10.1.